The van der Waals surface area contributed by atoms with Crippen LogP contribution in [0.2, 0.25) is 0 Å². The first-order valence-electron chi connectivity index (χ1n) is 4.78. The van der Waals surface area contributed by atoms with Crippen LogP contribution in [0.4, 0.5) is 0 Å². The fourth-order valence-corrected chi connectivity index (χ4v) is 1.69. The summed E-state index contributed by atoms with van der Waals surface area (Å²) >= 11 is 0. The van der Waals surface area contributed by atoms with E-state index in [1.807, 2.05) is 0 Å². The molecule has 2 rings (SSSR count). The Hall–Kier alpha value is -0.570. The molecule has 0 aromatic carbocycles. The highest BCUT2D eigenvalue weighted by Crippen LogP contribution is 2.41. The summed E-state index contributed by atoms with van der Waals surface area (Å²) in [6.07, 6.45) is 3.19. The molecule has 3 nitrogen and oxygen atoms in total. The van der Waals surface area contributed by atoms with E-state index >= 15 is 0 Å². The Labute approximate surface area is 72.7 Å². The molecule has 0 aromatic heterocycles. The van der Waals surface area contributed by atoms with E-state index in [1.54, 1.807) is 0 Å². The smallest absolute Gasteiger partial charge is 0.223 e. The lowest BCUT2D eigenvalue weighted by Crippen LogP contribution is -2.31. The molecule has 68 valence electrons. The van der Waals surface area contributed by atoms with Crippen molar-refractivity contribution in [1.82, 2.24) is 5.32 Å². The lowest BCUT2D eigenvalue weighted by Gasteiger charge is -2.01. The molecule has 0 bridgehead atoms. The zero-order valence-corrected chi connectivity index (χ0v) is 7.42. The molecule has 2 fully saturated rings. The Morgan fingerprint density at radius 1 is 1.58 bits per heavy atom. The predicted octanol–water partition coefficient (Wildman–Crippen LogP) is 0.248. The first-order chi connectivity index (χ1) is 5.72. The van der Waals surface area contributed by atoms with Crippen molar-refractivity contribution in [3.63, 3.8) is 0 Å². The van der Waals surface area contributed by atoms with Gasteiger partial charge in [0.1, 0.15) is 0 Å². The van der Waals surface area contributed by atoms with E-state index in [-0.39, 0.29) is 18.0 Å². The number of hydrogen-bond acceptors (Lipinski definition) is 2. The monoisotopic (exact) mass is 168 g/mol. The summed E-state index contributed by atoms with van der Waals surface area (Å²) in [5.41, 5.74) is 5.59. The van der Waals surface area contributed by atoms with Crippen LogP contribution in [-0.2, 0) is 4.79 Å². The highest BCUT2D eigenvalue weighted by molar-refractivity contribution is 5.82. The summed E-state index contributed by atoms with van der Waals surface area (Å²) in [4.78, 5) is 11.4. The number of carbonyl (C=O) groups excluding carboxylic acids is 1. The second-order valence-corrected chi connectivity index (χ2v) is 4.03. The summed E-state index contributed by atoms with van der Waals surface area (Å²) < 4.78 is 0. The topological polar surface area (TPSA) is 55.1 Å². The molecule has 0 aromatic rings. The minimum atomic E-state index is 0.229. The Morgan fingerprint density at radius 3 is 2.67 bits per heavy atom. The third-order valence-electron chi connectivity index (χ3n) is 2.95. The van der Waals surface area contributed by atoms with Crippen molar-refractivity contribution in [2.45, 2.75) is 38.3 Å². The second-order valence-electron chi connectivity index (χ2n) is 4.03. The molecule has 0 heterocycles. The quantitative estimate of drug-likeness (QED) is 0.634. The predicted molar refractivity (Wildman–Crippen MR) is 46.4 cm³/mol. The van der Waals surface area contributed by atoms with E-state index in [9.17, 15) is 4.79 Å². The Balaban J connectivity index is 1.72. The molecule has 0 aliphatic heterocycles. The number of amides is 1. The van der Waals surface area contributed by atoms with Gasteiger partial charge in [-0.05, 0) is 18.8 Å². The van der Waals surface area contributed by atoms with Crippen molar-refractivity contribution >= 4 is 5.91 Å². The Kier molecular flexibility index (Phi) is 1.83. The van der Waals surface area contributed by atoms with Crippen molar-refractivity contribution < 1.29 is 4.79 Å². The molecule has 4 atom stereocenters. The molecule has 0 radical (unpaired) electrons. The van der Waals surface area contributed by atoms with Crippen LogP contribution in [0, 0.1) is 11.8 Å². The standard InChI is InChI=1S/C9H16N2O/c1-2-5-3-6(5)9(12)11-8-4-7(8)10/h5-8H,2-4,10H2,1H3,(H,11,12)/t5-,6-,7?,8?/m1/s1. The van der Waals surface area contributed by atoms with Crippen molar-refractivity contribution in [3.8, 4) is 0 Å². The van der Waals surface area contributed by atoms with E-state index in [4.69, 9.17) is 5.73 Å². The SMILES string of the molecule is CC[C@@H]1C[C@H]1C(=O)NC1CC1N. The maximum atomic E-state index is 11.4. The van der Waals surface area contributed by atoms with Gasteiger partial charge in [0.2, 0.25) is 5.91 Å². The van der Waals surface area contributed by atoms with Gasteiger partial charge in [0.05, 0.1) is 0 Å². The van der Waals surface area contributed by atoms with Crippen molar-refractivity contribution in [2.75, 3.05) is 0 Å². The zero-order valence-electron chi connectivity index (χ0n) is 7.42. The third-order valence-corrected chi connectivity index (χ3v) is 2.95. The van der Waals surface area contributed by atoms with Crippen molar-refractivity contribution in [3.05, 3.63) is 0 Å². The normalized spacial score (nSPS) is 43.8. The molecule has 0 spiro atoms. The van der Waals surface area contributed by atoms with Crippen LogP contribution in [0.15, 0.2) is 0 Å². The number of rotatable bonds is 3. The molecule has 1 amide bonds. The molecule has 0 saturated heterocycles. The second kappa shape index (κ2) is 2.73. The van der Waals surface area contributed by atoms with E-state index < -0.39 is 0 Å². The summed E-state index contributed by atoms with van der Waals surface area (Å²) in [5, 5.41) is 2.97. The first kappa shape index (κ1) is 8.05. The van der Waals surface area contributed by atoms with Gasteiger partial charge in [0, 0.05) is 18.0 Å². The highest BCUT2D eigenvalue weighted by Gasteiger charge is 2.44. The van der Waals surface area contributed by atoms with Gasteiger partial charge in [0.25, 0.3) is 0 Å². The summed E-state index contributed by atoms with van der Waals surface area (Å²) in [5.74, 6) is 1.20. The van der Waals surface area contributed by atoms with Gasteiger partial charge in [0.15, 0.2) is 0 Å². The maximum absolute atomic E-state index is 11.4. The van der Waals surface area contributed by atoms with E-state index in [0.717, 1.165) is 19.3 Å². The minimum Gasteiger partial charge on any atom is -0.352 e. The van der Waals surface area contributed by atoms with Gasteiger partial charge < -0.3 is 11.1 Å². The molecule has 12 heavy (non-hydrogen) atoms. The molecular weight excluding hydrogens is 152 g/mol. The average molecular weight is 168 g/mol. The van der Waals surface area contributed by atoms with Crippen molar-refractivity contribution in [2.24, 2.45) is 17.6 Å². The lowest BCUT2D eigenvalue weighted by atomic mass is 10.2. The number of nitrogens with one attached hydrogen (secondary N) is 1. The molecule has 3 N–H and O–H groups in total. The van der Waals surface area contributed by atoms with Crippen LogP contribution in [0.3, 0.4) is 0 Å². The fourth-order valence-electron chi connectivity index (χ4n) is 1.69. The molecule has 2 unspecified atom stereocenters. The van der Waals surface area contributed by atoms with Gasteiger partial charge in [-0.25, -0.2) is 0 Å². The van der Waals surface area contributed by atoms with Crippen LogP contribution < -0.4 is 11.1 Å². The summed E-state index contributed by atoms with van der Waals surface area (Å²) in [7, 11) is 0. The fraction of sp³-hybridized carbons (Fsp3) is 0.889. The van der Waals surface area contributed by atoms with Crippen LogP contribution >= 0.6 is 0 Å². The van der Waals surface area contributed by atoms with E-state index in [0.29, 0.717) is 11.8 Å². The van der Waals surface area contributed by atoms with Gasteiger partial charge in [-0.2, -0.15) is 0 Å². The zero-order chi connectivity index (χ0) is 8.72. The van der Waals surface area contributed by atoms with Gasteiger partial charge in [-0.3, -0.25) is 4.79 Å². The number of nitrogens with two attached hydrogens (primary N) is 1. The van der Waals surface area contributed by atoms with Crippen LogP contribution in [0.1, 0.15) is 26.2 Å². The van der Waals surface area contributed by atoms with Crippen molar-refractivity contribution in [1.29, 1.82) is 0 Å². The summed E-state index contributed by atoms with van der Waals surface area (Å²) in [6, 6.07) is 0.517. The van der Waals surface area contributed by atoms with Gasteiger partial charge in [-0.1, -0.05) is 13.3 Å². The van der Waals surface area contributed by atoms with Crippen LogP contribution in [0.25, 0.3) is 0 Å². The van der Waals surface area contributed by atoms with Crippen LogP contribution in [0.5, 0.6) is 0 Å². The number of carbonyl (C=O) groups is 1. The molecule has 3 heteroatoms. The molecule has 2 saturated carbocycles. The molecule has 2 aliphatic rings. The maximum Gasteiger partial charge on any atom is 0.223 e. The molecule has 2 aliphatic carbocycles. The lowest BCUT2D eigenvalue weighted by molar-refractivity contribution is -0.122. The van der Waals surface area contributed by atoms with Gasteiger partial charge >= 0.3 is 0 Å². The Morgan fingerprint density at radius 2 is 2.25 bits per heavy atom. The van der Waals surface area contributed by atoms with E-state index in [1.165, 1.54) is 0 Å². The van der Waals surface area contributed by atoms with Gasteiger partial charge in [-0.15, -0.1) is 0 Å². The first-order valence-corrected chi connectivity index (χ1v) is 4.78. The van der Waals surface area contributed by atoms with E-state index in [2.05, 4.69) is 12.2 Å². The largest absolute Gasteiger partial charge is 0.352 e. The Bertz CT molecular complexity index is 205. The molecular formula is C9H16N2O. The summed E-state index contributed by atoms with van der Waals surface area (Å²) in [6.45, 7) is 2.14. The number of hydrogen-bond donors (Lipinski definition) is 2. The highest BCUT2D eigenvalue weighted by atomic mass is 16.2. The third kappa shape index (κ3) is 1.46. The van der Waals surface area contributed by atoms with Crippen LogP contribution in [-0.4, -0.2) is 18.0 Å². The average Bonchev–Trinajstić information content (AvgIpc) is 2.88. The minimum absolute atomic E-state index is 0.229.